The second-order valence-electron chi connectivity index (χ2n) is 10.2. The highest BCUT2D eigenvalue weighted by atomic mass is 15.0. The normalized spacial score (nSPS) is 11.3. The molecule has 198 valence electrons. The van der Waals surface area contributed by atoms with E-state index in [0.29, 0.717) is 17.5 Å². The smallest absolute Gasteiger partial charge is 0.164 e. The van der Waals surface area contributed by atoms with Gasteiger partial charge >= 0.3 is 0 Å². The molecule has 0 aliphatic rings. The van der Waals surface area contributed by atoms with Gasteiger partial charge in [0, 0.05) is 22.9 Å². The maximum atomic E-state index is 7.26. The number of nitrogens with zero attached hydrogens (tertiary/aromatic N) is 3. The van der Waals surface area contributed by atoms with Crippen LogP contribution in [0.3, 0.4) is 0 Å². The molecule has 1 N–H and O–H groups in total. The first-order valence-electron chi connectivity index (χ1n) is 13.9. The average Bonchev–Trinajstić information content (AvgIpc) is 3.07. The fourth-order valence-corrected chi connectivity index (χ4v) is 5.21. The van der Waals surface area contributed by atoms with E-state index in [1.54, 1.807) is 6.08 Å². The first-order valence-corrected chi connectivity index (χ1v) is 13.9. The Morgan fingerprint density at radius 1 is 0.405 bits per heavy atom. The van der Waals surface area contributed by atoms with E-state index in [4.69, 9.17) is 20.4 Å². The lowest BCUT2D eigenvalue weighted by Gasteiger charge is -2.10. The Morgan fingerprint density at radius 3 is 1.48 bits per heavy atom. The SMILES string of the molecule is N=C/C=C\c1cccc(-c2ccc(-c3nc(-c4ccc5ccccc5c4)nc(-c4ccc5ccccc5c4)n3)cc2)c1. The Bertz CT molecular complexity index is 2010. The Hall–Kier alpha value is -5.74. The Labute approximate surface area is 244 Å². The number of hydrogen-bond donors (Lipinski definition) is 1. The van der Waals surface area contributed by atoms with Crippen molar-refractivity contribution in [1.29, 1.82) is 5.41 Å². The van der Waals surface area contributed by atoms with Crippen molar-refractivity contribution in [3.63, 3.8) is 0 Å². The summed E-state index contributed by atoms with van der Waals surface area (Å²) in [7, 11) is 0. The molecule has 0 bridgehead atoms. The minimum atomic E-state index is 0.630. The summed E-state index contributed by atoms with van der Waals surface area (Å²) in [6.07, 6.45) is 4.94. The molecule has 0 fully saturated rings. The minimum absolute atomic E-state index is 0.630. The Balaban J connectivity index is 1.33. The van der Waals surface area contributed by atoms with Gasteiger partial charge in [0.25, 0.3) is 0 Å². The highest BCUT2D eigenvalue weighted by Gasteiger charge is 2.13. The van der Waals surface area contributed by atoms with Crippen molar-refractivity contribution in [1.82, 2.24) is 15.0 Å². The third kappa shape index (κ3) is 5.09. The third-order valence-corrected chi connectivity index (χ3v) is 7.40. The third-order valence-electron chi connectivity index (χ3n) is 7.40. The van der Waals surface area contributed by atoms with E-state index in [9.17, 15) is 0 Å². The fraction of sp³-hybridized carbons (Fsp3) is 0. The van der Waals surface area contributed by atoms with Crippen LogP contribution in [0, 0.1) is 5.41 Å². The van der Waals surface area contributed by atoms with Crippen molar-refractivity contribution >= 4 is 33.8 Å². The molecule has 0 spiro atoms. The van der Waals surface area contributed by atoms with Crippen molar-refractivity contribution in [3.05, 3.63) is 145 Å². The summed E-state index contributed by atoms with van der Waals surface area (Å²) in [6.45, 7) is 0. The molecule has 6 aromatic carbocycles. The van der Waals surface area contributed by atoms with Crippen LogP contribution in [-0.2, 0) is 0 Å². The summed E-state index contributed by atoms with van der Waals surface area (Å²) >= 11 is 0. The zero-order valence-electron chi connectivity index (χ0n) is 22.8. The van der Waals surface area contributed by atoms with Gasteiger partial charge in [0.15, 0.2) is 17.5 Å². The lowest BCUT2D eigenvalue weighted by Crippen LogP contribution is -2.00. The van der Waals surface area contributed by atoms with Crippen LogP contribution in [0.5, 0.6) is 0 Å². The molecule has 0 aliphatic heterocycles. The predicted molar refractivity (Wildman–Crippen MR) is 174 cm³/mol. The van der Waals surface area contributed by atoms with Gasteiger partial charge in [0.05, 0.1) is 0 Å². The Morgan fingerprint density at radius 2 is 0.905 bits per heavy atom. The van der Waals surface area contributed by atoms with Gasteiger partial charge in [0.1, 0.15) is 0 Å². The van der Waals surface area contributed by atoms with Gasteiger partial charge in [-0.2, -0.15) is 0 Å². The molecule has 0 atom stereocenters. The van der Waals surface area contributed by atoms with E-state index < -0.39 is 0 Å². The van der Waals surface area contributed by atoms with Gasteiger partial charge in [-0.3, -0.25) is 0 Å². The molecule has 0 radical (unpaired) electrons. The molecule has 0 saturated carbocycles. The number of benzene rings is 6. The summed E-state index contributed by atoms with van der Waals surface area (Å²) in [4.78, 5) is 14.9. The molecule has 42 heavy (non-hydrogen) atoms. The number of hydrogen-bond acceptors (Lipinski definition) is 4. The average molecular weight is 539 g/mol. The quantitative estimate of drug-likeness (QED) is 0.214. The van der Waals surface area contributed by atoms with Crippen LogP contribution in [0.4, 0.5) is 0 Å². The van der Waals surface area contributed by atoms with Gasteiger partial charge in [-0.25, -0.2) is 15.0 Å². The number of allylic oxidation sites excluding steroid dienone is 1. The van der Waals surface area contributed by atoms with Gasteiger partial charge in [-0.1, -0.05) is 121 Å². The largest absolute Gasteiger partial charge is 0.309 e. The predicted octanol–water partition coefficient (Wildman–Crippen LogP) is 9.51. The molecule has 1 aromatic heterocycles. The highest BCUT2D eigenvalue weighted by molar-refractivity contribution is 5.88. The summed E-state index contributed by atoms with van der Waals surface area (Å²) in [6, 6.07) is 45.9. The molecule has 7 aromatic rings. The second kappa shape index (κ2) is 11.0. The van der Waals surface area contributed by atoms with E-state index in [0.717, 1.165) is 44.2 Å². The van der Waals surface area contributed by atoms with E-state index in [2.05, 4.69) is 97.1 Å². The number of aromatic nitrogens is 3. The topological polar surface area (TPSA) is 62.5 Å². The molecule has 7 rings (SSSR count). The molecule has 1 heterocycles. The molecule has 0 unspecified atom stereocenters. The summed E-state index contributed by atoms with van der Waals surface area (Å²) in [5.41, 5.74) is 6.08. The number of rotatable bonds is 6. The van der Waals surface area contributed by atoms with Crippen molar-refractivity contribution in [3.8, 4) is 45.3 Å². The maximum absolute atomic E-state index is 7.26. The molecule has 0 saturated heterocycles. The van der Waals surface area contributed by atoms with Gasteiger partial charge < -0.3 is 5.41 Å². The van der Waals surface area contributed by atoms with Crippen LogP contribution < -0.4 is 0 Å². The molecule has 0 amide bonds. The van der Waals surface area contributed by atoms with Crippen molar-refractivity contribution in [2.24, 2.45) is 0 Å². The van der Waals surface area contributed by atoms with Gasteiger partial charge in [-0.05, 0) is 62.5 Å². The summed E-state index contributed by atoms with van der Waals surface area (Å²) in [5.74, 6) is 1.91. The van der Waals surface area contributed by atoms with Crippen LogP contribution >= 0.6 is 0 Å². The van der Waals surface area contributed by atoms with Crippen LogP contribution in [-0.4, -0.2) is 21.2 Å². The van der Waals surface area contributed by atoms with E-state index in [1.807, 2.05) is 42.5 Å². The lowest BCUT2D eigenvalue weighted by molar-refractivity contribution is 1.08. The van der Waals surface area contributed by atoms with Crippen molar-refractivity contribution in [2.45, 2.75) is 0 Å². The first-order chi connectivity index (χ1) is 20.7. The van der Waals surface area contributed by atoms with Crippen LogP contribution in [0.1, 0.15) is 5.56 Å². The van der Waals surface area contributed by atoms with E-state index >= 15 is 0 Å². The highest BCUT2D eigenvalue weighted by Crippen LogP contribution is 2.30. The summed E-state index contributed by atoms with van der Waals surface area (Å²) < 4.78 is 0. The fourth-order valence-electron chi connectivity index (χ4n) is 5.21. The van der Waals surface area contributed by atoms with Crippen LogP contribution in [0.2, 0.25) is 0 Å². The monoisotopic (exact) mass is 538 g/mol. The van der Waals surface area contributed by atoms with Crippen LogP contribution in [0.25, 0.3) is 72.9 Å². The minimum Gasteiger partial charge on any atom is -0.309 e. The lowest BCUT2D eigenvalue weighted by atomic mass is 10.0. The van der Waals surface area contributed by atoms with Crippen molar-refractivity contribution in [2.75, 3.05) is 0 Å². The van der Waals surface area contributed by atoms with Crippen LogP contribution in [0.15, 0.2) is 140 Å². The first kappa shape index (κ1) is 25.2. The van der Waals surface area contributed by atoms with Gasteiger partial charge in [-0.15, -0.1) is 0 Å². The maximum Gasteiger partial charge on any atom is 0.164 e. The second-order valence-corrected chi connectivity index (χ2v) is 10.2. The molecule has 4 nitrogen and oxygen atoms in total. The zero-order valence-corrected chi connectivity index (χ0v) is 22.8. The molecule has 4 heteroatoms. The molecular formula is C38H26N4. The van der Waals surface area contributed by atoms with Gasteiger partial charge in [0.2, 0.25) is 0 Å². The Kier molecular flexibility index (Phi) is 6.63. The molecular weight excluding hydrogens is 512 g/mol. The zero-order chi connectivity index (χ0) is 28.3. The van der Waals surface area contributed by atoms with E-state index in [1.165, 1.54) is 17.0 Å². The number of nitrogens with one attached hydrogen (secondary N) is 1. The van der Waals surface area contributed by atoms with E-state index in [-0.39, 0.29) is 0 Å². The number of fused-ring (bicyclic) bond motifs is 2. The van der Waals surface area contributed by atoms with Crippen molar-refractivity contribution < 1.29 is 0 Å². The molecule has 0 aliphatic carbocycles. The summed E-state index contributed by atoms with van der Waals surface area (Å²) in [5, 5.41) is 11.9. The standard InChI is InChI=1S/C38H26N4/c39-22-6-8-26-7-5-13-31(23-26)29-14-18-30(19-15-29)36-40-37(34-20-16-27-9-1-3-11-32(27)24-34)42-38(41-36)35-21-17-28-10-2-4-12-33(28)25-35/h1-25,39H/b8-6-,39-22?.